The van der Waals surface area contributed by atoms with E-state index in [1.54, 1.807) is 47.4 Å². The van der Waals surface area contributed by atoms with Crippen molar-refractivity contribution < 1.29 is 9.59 Å². The third kappa shape index (κ3) is 5.69. The summed E-state index contributed by atoms with van der Waals surface area (Å²) >= 11 is 13.3. The van der Waals surface area contributed by atoms with Gasteiger partial charge in [0.15, 0.2) is 5.78 Å². The van der Waals surface area contributed by atoms with Crippen LogP contribution in [-0.4, -0.2) is 34.2 Å². The number of thiazole rings is 1. The lowest BCUT2D eigenvalue weighted by atomic mass is 9.99. The van der Waals surface area contributed by atoms with Crippen LogP contribution in [0.2, 0.25) is 10.0 Å². The van der Waals surface area contributed by atoms with Gasteiger partial charge in [-0.15, -0.1) is 11.3 Å². The zero-order chi connectivity index (χ0) is 24.2. The van der Waals surface area contributed by atoms with Crippen molar-refractivity contribution in [3.63, 3.8) is 0 Å². The molecule has 0 spiro atoms. The summed E-state index contributed by atoms with van der Waals surface area (Å²) in [6.07, 6.45) is 5.02. The van der Waals surface area contributed by atoms with Crippen molar-refractivity contribution in [2.24, 2.45) is 5.92 Å². The van der Waals surface area contributed by atoms with E-state index in [1.165, 1.54) is 22.0 Å². The molecule has 2 heterocycles. The van der Waals surface area contributed by atoms with Gasteiger partial charge in [-0.05, 0) is 54.7 Å². The molecule has 0 unspecified atom stereocenters. The number of hydrogen-bond donors (Lipinski definition) is 0. The fourth-order valence-corrected chi connectivity index (χ4v) is 5.24. The first kappa shape index (κ1) is 24.5. The summed E-state index contributed by atoms with van der Waals surface area (Å²) in [5.74, 6) is 0.146. The summed E-state index contributed by atoms with van der Waals surface area (Å²) in [7, 11) is 0. The number of hydrogen-bond acceptors (Lipinski definition) is 4. The Morgan fingerprint density at radius 2 is 1.74 bits per heavy atom. The van der Waals surface area contributed by atoms with Crippen LogP contribution in [0.25, 0.3) is 12.2 Å². The number of Topliss-reactive ketones (excluding diaryl/α,β-unsaturated/α-hetero) is 1. The molecule has 0 N–H and O–H groups in total. The fraction of sp³-hybridized carbons (Fsp3) is 0.269. The molecule has 2 aromatic carbocycles. The molecule has 1 aliphatic rings. The zero-order valence-corrected chi connectivity index (χ0v) is 21.0. The predicted octanol–water partition coefficient (Wildman–Crippen LogP) is 3.97. The van der Waals surface area contributed by atoms with Crippen molar-refractivity contribution in [2.45, 2.75) is 26.3 Å². The van der Waals surface area contributed by atoms with E-state index in [4.69, 9.17) is 23.2 Å². The first-order chi connectivity index (χ1) is 16.3. The number of ketones is 1. The highest BCUT2D eigenvalue weighted by Gasteiger charge is 2.21. The van der Waals surface area contributed by atoms with Gasteiger partial charge >= 0.3 is 0 Å². The smallest absolute Gasteiger partial charge is 0.269 e. The Hall–Kier alpha value is -2.67. The number of amides is 1. The SMILES string of the molecule is CC1CCN(C(=O)Cn2c(=O)/c(=C/c3ccc(Cl)cc3)s/c2=C/C(=O)c2ccccc2Cl)CC1. The maximum Gasteiger partial charge on any atom is 0.269 e. The van der Waals surface area contributed by atoms with Crippen molar-refractivity contribution in [1.82, 2.24) is 9.47 Å². The first-order valence-corrected chi connectivity index (χ1v) is 12.6. The third-order valence-corrected chi connectivity index (χ3v) is 7.57. The van der Waals surface area contributed by atoms with E-state index in [0.717, 1.165) is 18.4 Å². The Kier molecular flexibility index (Phi) is 7.71. The maximum atomic E-state index is 13.3. The summed E-state index contributed by atoms with van der Waals surface area (Å²) in [6.45, 7) is 3.43. The van der Waals surface area contributed by atoms with Gasteiger partial charge in [0, 0.05) is 29.8 Å². The minimum Gasteiger partial charge on any atom is -0.341 e. The molecule has 176 valence electrons. The Balaban J connectivity index is 1.76. The number of carbonyl (C=O) groups is 2. The van der Waals surface area contributed by atoms with E-state index in [0.29, 0.717) is 43.8 Å². The van der Waals surface area contributed by atoms with Gasteiger partial charge in [0.25, 0.3) is 5.56 Å². The number of aromatic nitrogens is 1. The lowest BCUT2D eigenvalue weighted by Crippen LogP contribution is -2.43. The standard InChI is InChI=1S/C26H24Cl2N2O3S/c1-17-10-12-29(13-11-17)24(32)16-30-25(15-22(31)20-4-2-3-5-21(20)28)34-23(26(30)33)14-18-6-8-19(27)9-7-18/h2-9,14-15,17H,10-13,16H2,1H3/b23-14-,25-15+. The van der Waals surface area contributed by atoms with Gasteiger partial charge in [-0.1, -0.05) is 54.4 Å². The van der Waals surface area contributed by atoms with Gasteiger partial charge in [0.1, 0.15) is 11.2 Å². The van der Waals surface area contributed by atoms with Crippen molar-refractivity contribution >= 4 is 58.4 Å². The lowest BCUT2D eigenvalue weighted by Gasteiger charge is -2.30. The number of rotatable bonds is 5. The minimum atomic E-state index is -0.321. The fourth-order valence-electron chi connectivity index (χ4n) is 3.85. The molecule has 0 aliphatic carbocycles. The normalized spacial score (nSPS) is 15.7. The Labute approximate surface area is 211 Å². The Bertz CT molecular complexity index is 1380. The Morgan fingerprint density at radius 1 is 1.06 bits per heavy atom. The summed E-state index contributed by atoms with van der Waals surface area (Å²) in [6, 6.07) is 13.9. The molecule has 0 bridgehead atoms. The van der Waals surface area contributed by atoms with Crippen LogP contribution in [0, 0.1) is 5.92 Å². The molecule has 0 saturated carbocycles. The van der Waals surface area contributed by atoms with Crippen molar-refractivity contribution in [1.29, 1.82) is 0 Å². The number of piperidine rings is 1. The molecule has 1 fully saturated rings. The molecule has 0 radical (unpaired) electrons. The minimum absolute atomic E-state index is 0.111. The molecule has 8 heteroatoms. The van der Waals surface area contributed by atoms with Gasteiger partial charge in [0.2, 0.25) is 5.91 Å². The second-order valence-corrected chi connectivity index (χ2v) is 10.3. The van der Waals surface area contributed by atoms with Gasteiger partial charge in [-0.2, -0.15) is 0 Å². The number of halogens is 2. The molecule has 1 saturated heterocycles. The predicted molar refractivity (Wildman–Crippen MR) is 138 cm³/mol. The number of nitrogens with zero attached hydrogens (tertiary/aromatic N) is 2. The summed E-state index contributed by atoms with van der Waals surface area (Å²) in [4.78, 5) is 41.1. The molecular formula is C26H24Cl2N2O3S. The van der Waals surface area contributed by atoms with Crippen LogP contribution in [0.3, 0.4) is 0 Å². The lowest BCUT2D eigenvalue weighted by molar-refractivity contribution is -0.133. The molecule has 4 rings (SSSR count). The molecule has 34 heavy (non-hydrogen) atoms. The van der Waals surface area contributed by atoms with E-state index in [9.17, 15) is 14.4 Å². The second kappa shape index (κ2) is 10.7. The molecule has 3 aromatic rings. The van der Waals surface area contributed by atoms with Crippen LogP contribution in [0.15, 0.2) is 53.3 Å². The highest BCUT2D eigenvalue weighted by molar-refractivity contribution is 7.07. The summed E-state index contributed by atoms with van der Waals surface area (Å²) in [5.41, 5.74) is 0.836. The van der Waals surface area contributed by atoms with Gasteiger partial charge in [-0.25, -0.2) is 0 Å². The average molecular weight is 515 g/mol. The van der Waals surface area contributed by atoms with Crippen molar-refractivity contribution in [3.8, 4) is 0 Å². The number of carbonyl (C=O) groups excluding carboxylic acids is 2. The van der Waals surface area contributed by atoms with E-state index in [-0.39, 0.29) is 23.8 Å². The topological polar surface area (TPSA) is 59.4 Å². The van der Waals surface area contributed by atoms with Crippen LogP contribution >= 0.6 is 34.5 Å². The van der Waals surface area contributed by atoms with Gasteiger partial charge in [-0.3, -0.25) is 19.0 Å². The zero-order valence-electron chi connectivity index (χ0n) is 18.7. The van der Waals surface area contributed by atoms with Gasteiger partial charge < -0.3 is 4.90 Å². The number of likely N-dealkylation sites (tertiary alicyclic amines) is 1. The van der Waals surface area contributed by atoms with Crippen LogP contribution in [0.1, 0.15) is 35.7 Å². The average Bonchev–Trinajstić information content (AvgIpc) is 3.10. The molecule has 1 aliphatic heterocycles. The van der Waals surface area contributed by atoms with E-state index in [2.05, 4.69) is 6.92 Å². The van der Waals surface area contributed by atoms with Crippen molar-refractivity contribution in [3.05, 3.63) is 89.3 Å². The quantitative estimate of drug-likeness (QED) is 0.484. The molecule has 1 aromatic heterocycles. The molecule has 0 atom stereocenters. The van der Waals surface area contributed by atoms with Gasteiger partial charge in [0.05, 0.1) is 9.55 Å². The van der Waals surface area contributed by atoms with Crippen LogP contribution < -0.4 is 14.8 Å². The summed E-state index contributed by atoms with van der Waals surface area (Å²) < 4.78 is 2.23. The highest BCUT2D eigenvalue weighted by Crippen LogP contribution is 2.17. The van der Waals surface area contributed by atoms with Crippen LogP contribution in [-0.2, 0) is 11.3 Å². The molecular weight excluding hydrogens is 491 g/mol. The Morgan fingerprint density at radius 3 is 2.41 bits per heavy atom. The number of benzene rings is 2. The maximum absolute atomic E-state index is 13.3. The van der Waals surface area contributed by atoms with E-state index >= 15 is 0 Å². The van der Waals surface area contributed by atoms with E-state index < -0.39 is 0 Å². The first-order valence-electron chi connectivity index (χ1n) is 11.1. The highest BCUT2D eigenvalue weighted by atomic mass is 35.5. The van der Waals surface area contributed by atoms with Crippen molar-refractivity contribution in [2.75, 3.05) is 13.1 Å². The molecule has 1 amide bonds. The van der Waals surface area contributed by atoms with Crippen LogP contribution in [0.5, 0.6) is 0 Å². The summed E-state index contributed by atoms with van der Waals surface area (Å²) in [5, 5.41) is 0.933. The van der Waals surface area contributed by atoms with E-state index in [1.807, 2.05) is 12.1 Å². The monoisotopic (exact) mass is 514 g/mol. The molecule has 5 nitrogen and oxygen atoms in total. The largest absolute Gasteiger partial charge is 0.341 e. The van der Waals surface area contributed by atoms with Crippen LogP contribution in [0.4, 0.5) is 0 Å². The second-order valence-electron chi connectivity index (χ2n) is 8.44. The third-order valence-electron chi connectivity index (χ3n) is 5.93.